The van der Waals surface area contributed by atoms with Gasteiger partial charge in [0.25, 0.3) is 5.91 Å². The quantitative estimate of drug-likeness (QED) is 0.890. The zero-order valence-corrected chi connectivity index (χ0v) is 14.3. The van der Waals surface area contributed by atoms with Crippen molar-refractivity contribution >= 4 is 23.1 Å². The summed E-state index contributed by atoms with van der Waals surface area (Å²) in [5.74, 6) is 0.825. The van der Waals surface area contributed by atoms with E-state index in [2.05, 4.69) is 22.2 Å². The molecular weight excluding hydrogens is 296 g/mol. The molecule has 0 aromatic carbocycles. The molecule has 2 aromatic heterocycles. The average molecular weight is 318 g/mol. The van der Waals surface area contributed by atoms with Crippen LogP contribution in [0.4, 0.5) is 5.82 Å². The maximum absolute atomic E-state index is 12.3. The molecule has 1 N–H and O–H groups in total. The van der Waals surface area contributed by atoms with Crippen molar-refractivity contribution in [1.29, 1.82) is 0 Å². The Morgan fingerprint density at radius 1 is 1.41 bits per heavy atom. The van der Waals surface area contributed by atoms with Gasteiger partial charge in [0.2, 0.25) is 0 Å². The number of amides is 1. The fourth-order valence-electron chi connectivity index (χ4n) is 2.06. The molecule has 118 valence electrons. The zero-order valence-electron chi connectivity index (χ0n) is 13.5. The SMILES string of the molecule is CCCc1nc(C)c(C(=O)NCc2ccnc(N(C)C)c2)s1. The lowest BCUT2D eigenvalue weighted by atomic mass is 10.2. The molecule has 0 unspecified atom stereocenters. The predicted octanol–water partition coefficient (Wildman–Crippen LogP) is 2.80. The molecule has 2 rings (SSSR count). The number of hydrogen-bond acceptors (Lipinski definition) is 5. The number of thiazole rings is 1. The maximum atomic E-state index is 12.3. The smallest absolute Gasteiger partial charge is 0.263 e. The Labute approximate surface area is 135 Å². The largest absolute Gasteiger partial charge is 0.363 e. The Bertz CT molecular complexity index is 651. The minimum Gasteiger partial charge on any atom is -0.363 e. The molecule has 22 heavy (non-hydrogen) atoms. The van der Waals surface area contributed by atoms with Crippen LogP contribution in [-0.4, -0.2) is 30.0 Å². The molecule has 0 aliphatic carbocycles. The van der Waals surface area contributed by atoms with E-state index in [0.29, 0.717) is 11.4 Å². The first kappa shape index (κ1) is 16.4. The number of aromatic nitrogens is 2. The fraction of sp³-hybridized carbons (Fsp3) is 0.438. The highest BCUT2D eigenvalue weighted by Crippen LogP contribution is 2.19. The monoisotopic (exact) mass is 318 g/mol. The lowest BCUT2D eigenvalue weighted by Crippen LogP contribution is -2.23. The fourth-order valence-corrected chi connectivity index (χ4v) is 3.14. The van der Waals surface area contributed by atoms with Crippen LogP contribution in [0.2, 0.25) is 0 Å². The molecule has 2 heterocycles. The van der Waals surface area contributed by atoms with Gasteiger partial charge in [-0.25, -0.2) is 9.97 Å². The van der Waals surface area contributed by atoms with E-state index in [0.717, 1.165) is 34.9 Å². The van der Waals surface area contributed by atoms with Crippen molar-refractivity contribution in [3.05, 3.63) is 39.5 Å². The van der Waals surface area contributed by atoms with E-state index in [1.165, 1.54) is 11.3 Å². The van der Waals surface area contributed by atoms with Crippen LogP contribution < -0.4 is 10.2 Å². The topological polar surface area (TPSA) is 58.1 Å². The number of aryl methyl sites for hydroxylation is 2. The van der Waals surface area contributed by atoms with Crippen molar-refractivity contribution in [3.8, 4) is 0 Å². The number of nitrogens with zero attached hydrogens (tertiary/aromatic N) is 3. The molecule has 5 nitrogen and oxygen atoms in total. The summed E-state index contributed by atoms with van der Waals surface area (Å²) in [6.07, 6.45) is 3.72. The van der Waals surface area contributed by atoms with E-state index in [1.54, 1.807) is 6.20 Å². The van der Waals surface area contributed by atoms with Crippen LogP contribution in [0.15, 0.2) is 18.3 Å². The summed E-state index contributed by atoms with van der Waals surface area (Å²) in [5, 5.41) is 3.99. The number of carbonyl (C=O) groups excluding carboxylic acids is 1. The molecule has 0 saturated heterocycles. The molecular formula is C16H22N4OS. The highest BCUT2D eigenvalue weighted by atomic mass is 32.1. The second-order valence-electron chi connectivity index (χ2n) is 5.37. The van der Waals surface area contributed by atoms with Crippen molar-refractivity contribution in [1.82, 2.24) is 15.3 Å². The van der Waals surface area contributed by atoms with Gasteiger partial charge in [-0.15, -0.1) is 11.3 Å². The molecule has 0 bridgehead atoms. The van der Waals surface area contributed by atoms with Gasteiger partial charge < -0.3 is 10.2 Å². The van der Waals surface area contributed by atoms with Gasteiger partial charge in [-0.05, 0) is 37.5 Å². The minimum atomic E-state index is -0.0550. The third kappa shape index (κ3) is 4.04. The number of carbonyl (C=O) groups is 1. The van der Waals surface area contributed by atoms with Gasteiger partial charge in [-0.3, -0.25) is 4.79 Å². The number of rotatable bonds is 6. The van der Waals surface area contributed by atoms with Crippen LogP contribution in [-0.2, 0) is 13.0 Å². The summed E-state index contributed by atoms with van der Waals surface area (Å²) in [7, 11) is 3.89. The standard InChI is InChI=1S/C16H22N4OS/c1-5-6-14-19-11(2)15(22-14)16(21)18-10-12-7-8-17-13(9-12)20(3)4/h7-9H,5-6,10H2,1-4H3,(H,18,21). The summed E-state index contributed by atoms with van der Waals surface area (Å²) in [4.78, 5) is 23.7. The molecule has 0 spiro atoms. The Morgan fingerprint density at radius 3 is 2.86 bits per heavy atom. The second kappa shape index (κ2) is 7.35. The second-order valence-corrected chi connectivity index (χ2v) is 6.46. The van der Waals surface area contributed by atoms with Gasteiger partial charge in [0.05, 0.1) is 10.7 Å². The number of hydrogen-bond donors (Lipinski definition) is 1. The summed E-state index contributed by atoms with van der Waals surface area (Å²) < 4.78 is 0. The van der Waals surface area contributed by atoms with Gasteiger partial charge >= 0.3 is 0 Å². The summed E-state index contributed by atoms with van der Waals surface area (Å²) >= 11 is 1.49. The van der Waals surface area contributed by atoms with Gasteiger partial charge in [-0.2, -0.15) is 0 Å². The van der Waals surface area contributed by atoms with Crippen molar-refractivity contribution in [3.63, 3.8) is 0 Å². The lowest BCUT2D eigenvalue weighted by Gasteiger charge is -2.12. The van der Waals surface area contributed by atoms with Crippen LogP contribution in [0.5, 0.6) is 0 Å². The Hall–Kier alpha value is -1.95. The summed E-state index contributed by atoms with van der Waals surface area (Å²) in [6.45, 7) is 4.49. The van der Waals surface area contributed by atoms with E-state index in [-0.39, 0.29) is 5.91 Å². The third-order valence-corrected chi connectivity index (χ3v) is 4.45. The highest BCUT2D eigenvalue weighted by molar-refractivity contribution is 7.13. The van der Waals surface area contributed by atoms with Crippen LogP contribution in [0.3, 0.4) is 0 Å². The average Bonchev–Trinajstić information content (AvgIpc) is 2.86. The van der Waals surface area contributed by atoms with Crippen molar-refractivity contribution in [2.75, 3.05) is 19.0 Å². The number of anilines is 1. The first-order valence-electron chi connectivity index (χ1n) is 7.38. The lowest BCUT2D eigenvalue weighted by molar-refractivity contribution is 0.0954. The predicted molar refractivity (Wildman–Crippen MR) is 90.6 cm³/mol. The highest BCUT2D eigenvalue weighted by Gasteiger charge is 2.14. The Kier molecular flexibility index (Phi) is 5.49. The van der Waals surface area contributed by atoms with Crippen molar-refractivity contribution in [2.45, 2.75) is 33.2 Å². The van der Waals surface area contributed by atoms with Gasteiger partial charge in [0, 0.05) is 26.8 Å². The van der Waals surface area contributed by atoms with E-state index in [4.69, 9.17) is 0 Å². The molecule has 0 aliphatic rings. The molecule has 0 radical (unpaired) electrons. The van der Waals surface area contributed by atoms with E-state index >= 15 is 0 Å². The zero-order chi connectivity index (χ0) is 16.1. The van der Waals surface area contributed by atoms with Crippen LogP contribution in [0.1, 0.15) is 39.3 Å². The first-order valence-corrected chi connectivity index (χ1v) is 8.19. The molecule has 6 heteroatoms. The summed E-state index contributed by atoms with van der Waals surface area (Å²) in [6, 6.07) is 3.89. The summed E-state index contributed by atoms with van der Waals surface area (Å²) in [5.41, 5.74) is 1.85. The van der Waals surface area contributed by atoms with Gasteiger partial charge in [0.1, 0.15) is 10.7 Å². The molecule has 0 aliphatic heterocycles. The van der Waals surface area contributed by atoms with Crippen molar-refractivity contribution in [2.24, 2.45) is 0 Å². The van der Waals surface area contributed by atoms with E-state index in [1.807, 2.05) is 38.1 Å². The first-order chi connectivity index (χ1) is 10.5. The number of nitrogens with one attached hydrogen (secondary N) is 1. The Balaban J connectivity index is 2.02. The van der Waals surface area contributed by atoms with Gasteiger partial charge in [-0.1, -0.05) is 6.92 Å². The maximum Gasteiger partial charge on any atom is 0.263 e. The molecule has 2 aromatic rings. The van der Waals surface area contributed by atoms with Crippen LogP contribution >= 0.6 is 11.3 Å². The number of pyridine rings is 1. The molecule has 1 amide bonds. The third-order valence-electron chi connectivity index (χ3n) is 3.23. The van der Waals surface area contributed by atoms with Gasteiger partial charge in [0.15, 0.2) is 0 Å². The molecule has 0 fully saturated rings. The Morgan fingerprint density at radius 2 is 2.18 bits per heavy atom. The van der Waals surface area contributed by atoms with E-state index < -0.39 is 0 Å². The van der Waals surface area contributed by atoms with Crippen LogP contribution in [0.25, 0.3) is 0 Å². The van der Waals surface area contributed by atoms with E-state index in [9.17, 15) is 4.79 Å². The molecule has 0 saturated carbocycles. The normalized spacial score (nSPS) is 10.5. The van der Waals surface area contributed by atoms with Crippen LogP contribution in [0, 0.1) is 6.92 Å². The minimum absolute atomic E-state index is 0.0550. The molecule has 0 atom stereocenters. The van der Waals surface area contributed by atoms with Crippen molar-refractivity contribution < 1.29 is 4.79 Å².